The number of imidazole rings is 1. The molecule has 0 saturated heterocycles. The average molecular weight is 421 g/mol. The third-order valence-electron chi connectivity index (χ3n) is 4.28. The molecule has 3 heterocycles. The average Bonchev–Trinajstić information content (AvgIpc) is 3.36. The summed E-state index contributed by atoms with van der Waals surface area (Å²) in [5.41, 5.74) is 2.73. The summed E-state index contributed by atoms with van der Waals surface area (Å²) in [4.78, 5) is 28.9. The number of hydrogen-bond donors (Lipinski definition) is 2. The number of aryl methyl sites for hydroxylation is 1. The number of nitrogens with one attached hydrogen (secondary N) is 2. The maximum absolute atomic E-state index is 12.4. The van der Waals surface area contributed by atoms with Crippen LogP contribution < -0.4 is 10.6 Å². The Labute approximate surface area is 176 Å². The fourth-order valence-electron chi connectivity index (χ4n) is 2.78. The van der Waals surface area contributed by atoms with Crippen LogP contribution in [0.1, 0.15) is 16.1 Å². The van der Waals surface area contributed by atoms with E-state index in [4.69, 9.17) is 0 Å². The zero-order chi connectivity index (χ0) is 20.9. The van der Waals surface area contributed by atoms with E-state index < -0.39 is 0 Å². The van der Waals surface area contributed by atoms with E-state index in [0.717, 1.165) is 11.3 Å². The molecule has 0 radical (unpaired) electrons. The van der Waals surface area contributed by atoms with E-state index in [1.54, 1.807) is 35.2 Å². The quantitative estimate of drug-likeness (QED) is 0.443. The summed E-state index contributed by atoms with van der Waals surface area (Å²) in [7, 11) is 1.82. The predicted molar refractivity (Wildman–Crippen MR) is 113 cm³/mol. The Morgan fingerprint density at radius 1 is 1.13 bits per heavy atom. The smallest absolute Gasteiger partial charge is 0.251 e. The van der Waals surface area contributed by atoms with Gasteiger partial charge in [-0.05, 0) is 36.4 Å². The van der Waals surface area contributed by atoms with E-state index in [-0.39, 0.29) is 17.6 Å². The topological polar surface area (TPSA) is 106 Å². The molecule has 4 aromatic rings. The number of hydrogen-bond acceptors (Lipinski definition) is 6. The molecule has 3 aromatic heterocycles. The van der Waals surface area contributed by atoms with E-state index >= 15 is 0 Å². The first-order chi connectivity index (χ1) is 14.6. The molecule has 0 aliphatic carbocycles. The number of carbonyl (C=O) groups is 2. The lowest BCUT2D eigenvalue weighted by atomic mass is 10.2. The number of nitrogens with zero attached hydrogens (tertiary/aromatic N) is 5. The Kier molecular flexibility index (Phi) is 5.75. The summed E-state index contributed by atoms with van der Waals surface area (Å²) >= 11 is 1.30. The molecule has 0 saturated carbocycles. The van der Waals surface area contributed by atoms with Crippen LogP contribution in [0.5, 0.6) is 0 Å². The highest BCUT2D eigenvalue weighted by Crippen LogP contribution is 2.15. The van der Waals surface area contributed by atoms with Crippen LogP contribution in [0.15, 0.2) is 66.3 Å². The second-order valence-corrected chi connectivity index (χ2v) is 7.46. The van der Waals surface area contributed by atoms with E-state index in [1.807, 2.05) is 42.0 Å². The normalized spacial score (nSPS) is 10.8. The van der Waals surface area contributed by atoms with Gasteiger partial charge < -0.3 is 19.6 Å². The molecule has 0 fully saturated rings. The predicted octanol–water partition coefficient (Wildman–Crippen LogP) is 2.12. The molecular weight excluding hydrogens is 402 g/mol. The second kappa shape index (κ2) is 8.78. The number of aromatic nitrogens is 5. The lowest BCUT2D eigenvalue weighted by Gasteiger charge is -2.07. The summed E-state index contributed by atoms with van der Waals surface area (Å²) in [6, 6.07) is 12.5. The highest BCUT2D eigenvalue weighted by molar-refractivity contribution is 7.99. The Morgan fingerprint density at radius 2 is 1.97 bits per heavy atom. The molecule has 0 bridgehead atoms. The van der Waals surface area contributed by atoms with Crippen LogP contribution in [0, 0.1) is 0 Å². The van der Waals surface area contributed by atoms with Crippen LogP contribution in [0.4, 0.5) is 5.69 Å². The Hall–Kier alpha value is -3.66. The summed E-state index contributed by atoms with van der Waals surface area (Å²) in [6.45, 7) is 0.332. The minimum atomic E-state index is -0.206. The summed E-state index contributed by atoms with van der Waals surface area (Å²) in [5.74, 6) is -0.150. The highest BCUT2D eigenvalue weighted by atomic mass is 32.2. The molecule has 2 N–H and O–H groups in total. The van der Waals surface area contributed by atoms with Crippen LogP contribution in [0.25, 0.3) is 5.65 Å². The van der Waals surface area contributed by atoms with Crippen LogP contribution in [-0.2, 0) is 18.4 Å². The third kappa shape index (κ3) is 4.66. The van der Waals surface area contributed by atoms with Gasteiger partial charge in [-0.1, -0.05) is 17.8 Å². The van der Waals surface area contributed by atoms with Gasteiger partial charge in [-0.25, -0.2) is 4.98 Å². The first kappa shape index (κ1) is 19.6. The highest BCUT2D eigenvalue weighted by Gasteiger charge is 2.10. The van der Waals surface area contributed by atoms with Gasteiger partial charge in [0.05, 0.1) is 18.0 Å². The van der Waals surface area contributed by atoms with E-state index in [0.29, 0.717) is 23.0 Å². The molecule has 0 spiro atoms. The van der Waals surface area contributed by atoms with Crippen molar-refractivity contribution >= 4 is 34.9 Å². The Balaban J connectivity index is 1.28. The second-order valence-electron chi connectivity index (χ2n) is 6.52. The molecule has 10 heteroatoms. The van der Waals surface area contributed by atoms with Gasteiger partial charge in [0.1, 0.15) is 12.0 Å². The molecule has 9 nitrogen and oxygen atoms in total. The van der Waals surface area contributed by atoms with E-state index in [2.05, 4.69) is 25.8 Å². The molecular formula is C20H19N7O2S. The summed E-state index contributed by atoms with van der Waals surface area (Å²) in [6.07, 6.45) is 5.37. The van der Waals surface area contributed by atoms with Gasteiger partial charge in [0, 0.05) is 30.7 Å². The van der Waals surface area contributed by atoms with Crippen LogP contribution in [0.3, 0.4) is 0 Å². The zero-order valence-electron chi connectivity index (χ0n) is 16.1. The van der Waals surface area contributed by atoms with Gasteiger partial charge in [-0.3, -0.25) is 9.59 Å². The van der Waals surface area contributed by atoms with Crippen molar-refractivity contribution in [1.82, 2.24) is 29.5 Å². The first-order valence-corrected chi connectivity index (χ1v) is 10.1. The maximum atomic E-state index is 12.4. The van der Waals surface area contributed by atoms with Crippen molar-refractivity contribution in [2.24, 2.45) is 7.05 Å². The largest absolute Gasteiger partial charge is 0.346 e. The Bertz CT molecular complexity index is 1150. The molecule has 30 heavy (non-hydrogen) atoms. The fourth-order valence-corrected chi connectivity index (χ4v) is 3.47. The molecule has 2 amide bonds. The van der Waals surface area contributed by atoms with Crippen molar-refractivity contribution < 1.29 is 9.59 Å². The van der Waals surface area contributed by atoms with Crippen LogP contribution >= 0.6 is 11.8 Å². The number of rotatable bonds is 7. The molecule has 4 rings (SSSR count). The molecule has 1 aromatic carbocycles. The molecule has 152 valence electrons. The van der Waals surface area contributed by atoms with Gasteiger partial charge in [0.25, 0.3) is 5.91 Å². The molecule has 0 atom stereocenters. The lowest BCUT2D eigenvalue weighted by Crippen LogP contribution is -2.23. The number of carbonyl (C=O) groups excluding carboxylic acids is 2. The third-order valence-corrected chi connectivity index (χ3v) is 5.31. The standard InChI is InChI=1S/C20H19N7O2S/c1-26-13-22-25-20(26)30-12-18(28)24-15-7-5-14(6-8-15)19(29)21-10-16-11-27-9-3-2-4-17(27)23-16/h2-9,11,13H,10,12H2,1H3,(H,21,29)(H,24,28). The molecule has 0 aliphatic rings. The van der Waals surface area contributed by atoms with Crippen molar-refractivity contribution in [3.8, 4) is 0 Å². The molecule has 0 unspecified atom stereocenters. The van der Waals surface area contributed by atoms with Gasteiger partial charge >= 0.3 is 0 Å². The SMILES string of the molecule is Cn1cnnc1SCC(=O)Nc1ccc(C(=O)NCc2cn3ccccc3n2)cc1. The van der Waals surface area contributed by atoms with Gasteiger partial charge in [0.15, 0.2) is 5.16 Å². The minimum absolute atomic E-state index is 0.160. The van der Waals surface area contributed by atoms with Crippen molar-refractivity contribution in [3.63, 3.8) is 0 Å². The number of thioether (sulfide) groups is 1. The fraction of sp³-hybridized carbons (Fsp3) is 0.150. The lowest BCUT2D eigenvalue weighted by molar-refractivity contribution is -0.113. The Morgan fingerprint density at radius 3 is 2.70 bits per heavy atom. The van der Waals surface area contributed by atoms with Gasteiger partial charge in [-0.15, -0.1) is 10.2 Å². The van der Waals surface area contributed by atoms with Crippen molar-refractivity contribution in [2.45, 2.75) is 11.7 Å². The van der Waals surface area contributed by atoms with Crippen molar-refractivity contribution in [2.75, 3.05) is 11.1 Å². The van der Waals surface area contributed by atoms with Crippen LogP contribution in [0.2, 0.25) is 0 Å². The van der Waals surface area contributed by atoms with Gasteiger partial charge in [0.2, 0.25) is 5.91 Å². The number of benzene rings is 1. The minimum Gasteiger partial charge on any atom is -0.346 e. The number of pyridine rings is 1. The van der Waals surface area contributed by atoms with Crippen molar-refractivity contribution in [1.29, 1.82) is 0 Å². The van der Waals surface area contributed by atoms with Crippen LogP contribution in [-0.4, -0.2) is 41.7 Å². The van der Waals surface area contributed by atoms with E-state index in [9.17, 15) is 9.59 Å². The summed E-state index contributed by atoms with van der Waals surface area (Å²) in [5, 5.41) is 14.0. The van der Waals surface area contributed by atoms with Crippen molar-refractivity contribution in [3.05, 3.63) is 72.4 Å². The number of amides is 2. The summed E-state index contributed by atoms with van der Waals surface area (Å²) < 4.78 is 3.65. The van der Waals surface area contributed by atoms with E-state index in [1.165, 1.54) is 11.8 Å². The number of fused-ring (bicyclic) bond motifs is 1. The molecule has 0 aliphatic heterocycles. The maximum Gasteiger partial charge on any atom is 0.251 e. The van der Waals surface area contributed by atoms with Gasteiger partial charge in [-0.2, -0.15) is 0 Å². The zero-order valence-corrected chi connectivity index (χ0v) is 17.0. The number of anilines is 1. The monoisotopic (exact) mass is 421 g/mol. The first-order valence-electron chi connectivity index (χ1n) is 9.16.